The molecule has 0 atom stereocenters. The van der Waals surface area contributed by atoms with Gasteiger partial charge in [-0.1, -0.05) is 19.1 Å². The SMILES string of the molecule is CC1CCC(CO)(NCc2ccc3c(c2)CCO3)CC1. The second-order valence-electron chi connectivity index (χ2n) is 6.52. The lowest BCUT2D eigenvalue weighted by Crippen LogP contribution is -2.50. The van der Waals surface area contributed by atoms with Crippen molar-refractivity contribution in [2.45, 2.75) is 51.1 Å². The first kappa shape index (κ1) is 13.9. The topological polar surface area (TPSA) is 41.5 Å². The average Bonchev–Trinajstić information content (AvgIpc) is 2.95. The summed E-state index contributed by atoms with van der Waals surface area (Å²) in [4.78, 5) is 0. The molecule has 2 aliphatic rings. The predicted molar refractivity (Wildman–Crippen MR) is 79.9 cm³/mol. The molecule has 0 aromatic heterocycles. The Hall–Kier alpha value is -1.06. The maximum absolute atomic E-state index is 9.78. The number of hydrogen-bond donors (Lipinski definition) is 2. The van der Waals surface area contributed by atoms with Crippen LogP contribution in [-0.2, 0) is 13.0 Å². The van der Waals surface area contributed by atoms with Crippen LogP contribution in [0.1, 0.15) is 43.7 Å². The van der Waals surface area contributed by atoms with E-state index in [0.29, 0.717) is 0 Å². The third kappa shape index (κ3) is 2.84. The van der Waals surface area contributed by atoms with Gasteiger partial charge in [-0.3, -0.25) is 0 Å². The van der Waals surface area contributed by atoms with E-state index in [1.54, 1.807) is 0 Å². The molecule has 0 spiro atoms. The number of ether oxygens (including phenoxy) is 1. The van der Waals surface area contributed by atoms with Gasteiger partial charge >= 0.3 is 0 Å². The van der Waals surface area contributed by atoms with Gasteiger partial charge in [-0.15, -0.1) is 0 Å². The van der Waals surface area contributed by atoms with Crippen molar-refractivity contribution in [1.82, 2.24) is 5.32 Å². The molecular formula is C17H25NO2. The second kappa shape index (κ2) is 5.74. The van der Waals surface area contributed by atoms with Crippen LogP contribution in [0.5, 0.6) is 5.75 Å². The first-order chi connectivity index (χ1) is 9.71. The zero-order valence-electron chi connectivity index (χ0n) is 12.3. The Balaban J connectivity index is 1.63. The monoisotopic (exact) mass is 275 g/mol. The zero-order valence-corrected chi connectivity index (χ0v) is 12.3. The fourth-order valence-electron chi connectivity index (χ4n) is 3.34. The molecule has 1 aliphatic heterocycles. The maximum atomic E-state index is 9.78. The summed E-state index contributed by atoms with van der Waals surface area (Å²) in [6, 6.07) is 6.45. The van der Waals surface area contributed by atoms with Crippen molar-refractivity contribution in [1.29, 1.82) is 0 Å². The molecule has 0 amide bonds. The molecule has 0 bridgehead atoms. The molecule has 1 heterocycles. The maximum Gasteiger partial charge on any atom is 0.122 e. The van der Waals surface area contributed by atoms with Crippen LogP contribution in [0.2, 0.25) is 0 Å². The lowest BCUT2D eigenvalue weighted by molar-refractivity contribution is 0.104. The number of hydrogen-bond acceptors (Lipinski definition) is 3. The number of benzene rings is 1. The van der Waals surface area contributed by atoms with Gasteiger partial charge < -0.3 is 15.2 Å². The molecule has 20 heavy (non-hydrogen) atoms. The highest BCUT2D eigenvalue weighted by Gasteiger charge is 2.32. The lowest BCUT2D eigenvalue weighted by atomic mass is 9.77. The molecule has 0 saturated heterocycles. The fraction of sp³-hybridized carbons (Fsp3) is 0.647. The van der Waals surface area contributed by atoms with Crippen molar-refractivity contribution in [3.8, 4) is 5.75 Å². The van der Waals surface area contributed by atoms with Gasteiger partial charge in [0.25, 0.3) is 0 Å². The highest BCUT2D eigenvalue weighted by atomic mass is 16.5. The standard InChI is InChI=1S/C17H25NO2/c1-13-4-7-17(12-19,8-5-13)18-11-14-2-3-16-15(10-14)6-9-20-16/h2-3,10,13,18-19H,4-9,11-12H2,1H3. The summed E-state index contributed by atoms with van der Waals surface area (Å²) in [5.74, 6) is 1.84. The van der Waals surface area contributed by atoms with E-state index in [1.165, 1.54) is 24.0 Å². The van der Waals surface area contributed by atoms with Gasteiger partial charge in [0, 0.05) is 18.5 Å². The molecule has 3 heteroatoms. The summed E-state index contributed by atoms with van der Waals surface area (Å²) in [6.07, 6.45) is 5.61. The molecule has 1 fully saturated rings. The molecule has 1 aromatic rings. The number of fused-ring (bicyclic) bond motifs is 1. The number of nitrogens with one attached hydrogen (secondary N) is 1. The Bertz CT molecular complexity index is 464. The Kier molecular flexibility index (Phi) is 3.99. The van der Waals surface area contributed by atoms with E-state index in [9.17, 15) is 5.11 Å². The minimum absolute atomic E-state index is 0.0674. The normalized spacial score (nSPS) is 29.0. The average molecular weight is 275 g/mol. The number of rotatable bonds is 4. The Morgan fingerprint density at radius 1 is 1.35 bits per heavy atom. The van der Waals surface area contributed by atoms with Gasteiger partial charge in [-0.25, -0.2) is 0 Å². The molecule has 1 aliphatic carbocycles. The van der Waals surface area contributed by atoms with Crippen molar-refractivity contribution in [3.63, 3.8) is 0 Å². The van der Waals surface area contributed by atoms with Crippen LogP contribution < -0.4 is 10.1 Å². The van der Waals surface area contributed by atoms with Crippen LogP contribution in [0.3, 0.4) is 0 Å². The van der Waals surface area contributed by atoms with Gasteiger partial charge in [-0.05, 0) is 48.8 Å². The van der Waals surface area contributed by atoms with Crippen LogP contribution in [-0.4, -0.2) is 23.9 Å². The highest BCUT2D eigenvalue weighted by Crippen LogP contribution is 2.32. The summed E-state index contributed by atoms with van der Waals surface area (Å²) in [5, 5.41) is 13.4. The third-order valence-corrected chi connectivity index (χ3v) is 4.96. The molecular weight excluding hydrogens is 250 g/mol. The summed E-state index contributed by atoms with van der Waals surface area (Å²) >= 11 is 0. The molecule has 3 nitrogen and oxygen atoms in total. The van der Waals surface area contributed by atoms with E-state index in [4.69, 9.17) is 4.74 Å². The quantitative estimate of drug-likeness (QED) is 0.887. The summed E-state index contributed by atoms with van der Waals surface area (Å²) in [6.45, 7) is 4.20. The van der Waals surface area contributed by atoms with Crippen molar-refractivity contribution in [2.75, 3.05) is 13.2 Å². The Morgan fingerprint density at radius 2 is 2.15 bits per heavy atom. The van der Waals surface area contributed by atoms with Gasteiger partial charge in [-0.2, -0.15) is 0 Å². The molecule has 3 rings (SSSR count). The fourth-order valence-corrected chi connectivity index (χ4v) is 3.34. The van der Waals surface area contributed by atoms with Crippen LogP contribution in [0.25, 0.3) is 0 Å². The lowest BCUT2D eigenvalue weighted by Gasteiger charge is -2.39. The smallest absolute Gasteiger partial charge is 0.122 e. The van der Waals surface area contributed by atoms with Crippen LogP contribution in [0, 0.1) is 5.92 Å². The molecule has 0 radical (unpaired) electrons. The van der Waals surface area contributed by atoms with E-state index in [2.05, 4.69) is 30.4 Å². The van der Waals surface area contributed by atoms with E-state index >= 15 is 0 Å². The van der Waals surface area contributed by atoms with E-state index in [-0.39, 0.29) is 12.1 Å². The minimum Gasteiger partial charge on any atom is -0.493 e. The van der Waals surface area contributed by atoms with Crippen molar-refractivity contribution < 1.29 is 9.84 Å². The van der Waals surface area contributed by atoms with Crippen molar-refractivity contribution in [2.24, 2.45) is 5.92 Å². The molecule has 1 aromatic carbocycles. The third-order valence-electron chi connectivity index (χ3n) is 4.96. The summed E-state index contributed by atoms with van der Waals surface area (Å²) in [7, 11) is 0. The second-order valence-corrected chi connectivity index (χ2v) is 6.52. The Labute approximate surface area is 121 Å². The number of aliphatic hydroxyl groups excluding tert-OH is 1. The molecule has 110 valence electrons. The van der Waals surface area contributed by atoms with E-state index in [0.717, 1.165) is 44.1 Å². The first-order valence-corrected chi connectivity index (χ1v) is 7.81. The van der Waals surface area contributed by atoms with E-state index < -0.39 is 0 Å². The predicted octanol–water partition coefficient (Wildman–Crippen LogP) is 2.65. The van der Waals surface area contributed by atoms with Gasteiger partial charge in [0.2, 0.25) is 0 Å². The largest absolute Gasteiger partial charge is 0.493 e. The molecule has 1 saturated carbocycles. The summed E-state index contributed by atoms with van der Waals surface area (Å²) < 4.78 is 5.54. The molecule has 2 N–H and O–H groups in total. The minimum atomic E-state index is -0.0674. The van der Waals surface area contributed by atoms with Gasteiger partial charge in [0.1, 0.15) is 5.75 Å². The van der Waals surface area contributed by atoms with Gasteiger partial charge in [0.15, 0.2) is 0 Å². The van der Waals surface area contributed by atoms with Crippen LogP contribution in [0.4, 0.5) is 0 Å². The van der Waals surface area contributed by atoms with Crippen molar-refractivity contribution >= 4 is 0 Å². The first-order valence-electron chi connectivity index (χ1n) is 7.81. The van der Waals surface area contributed by atoms with Crippen molar-refractivity contribution in [3.05, 3.63) is 29.3 Å². The van der Waals surface area contributed by atoms with E-state index in [1.807, 2.05) is 0 Å². The zero-order chi connectivity index (χ0) is 14.0. The molecule has 0 unspecified atom stereocenters. The van der Waals surface area contributed by atoms with Crippen LogP contribution >= 0.6 is 0 Å². The Morgan fingerprint density at radius 3 is 2.90 bits per heavy atom. The van der Waals surface area contributed by atoms with Gasteiger partial charge in [0.05, 0.1) is 13.2 Å². The van der Waals surface area contributed by atoms with Crippen LogP contribution in [0.15, 0.2) is 18.2 Å². The number of aliphatic hydroxyl groups is 1. The highest BCUT2D eigenvalue weighted by molar-refractivity contribution is 5.39. The summed E-state index contributed by atoms with van der Waals surface area (Å²) in [5.41, 5.74) is 2.54.